The van der Waals surface area contributed by atoms with Gasteiger partial charge in [0.25, 0.3) is 0 Å². The highest BCUT2D eigenvalue weighted by Crippen LogP contribution is 1.28. The molecule has 1 nitrogen and oxygen atoms in total. The molecule has 0 aromatic heterocycles. The summed E-state index contributed by atoms with van der Waals surface area (Å²) in [5, 5.41) is 0. The number of rotatable bonds is 0. The van der Waals surface area contributed by atoms with E-state index in [-0.39, 0.29) is 23.5 Å². The summed E-state index contributed by atoms with van der Waals surface area (Å²) < 4.78 is 4.25. The average molecular weight is 146 g/mol. The van der Waals surface area contributed by atoms with E-state index in [0.717, 1.165) is 0 Å². The van der Waals surface area contributed by atoms with Crippen LogP contribution in [0.5, 0.6) is 0 Å². The van der Waals surface area contributed by atoms with Crippen LogP contribution in [-0.4, -0.2) is 14.2 Å². The molecule has 0 amide bonds. The molecule has 8 heavy (non-hydrogen) atoms. The van der Waals surface area contributed by atoms with Crippen molar-refractivity contribution in [3.8, 4) is 0 Å². The van der Waals surface area contributed by atoms with Gasteiger partial charge in [-0.15, -0.1) is 0 Å². The van der Waals surface area contributed by atoms with Crippen molar-refractivity contribution >= 4 is 0 Å². The van der Waals surface area contributed by atoms with Crippen molar-refractivity contribution < 1.29 is 28.3 Å². The number of halogens is 5. The molecule has 0 aliphatic rings. The molecule has 0 unspecified atom stereocenters. The van der Waals surface area contributed by atoms with Gasteiger partial charge >= 0.3 is 0 Å². The predicted molar refractivity (Wildman–Crippen MR) is 25.4 cm³/mol. The zero-order chi connectivity index (χ0) is 2.71. The van der Waals surface area contributed by atoms with Crippen LogP contribution in [0.25, 0.3) is 0 Å². The van der Waals surface area contributed by atoms with Crippen molar-refractivity contribution in [2.24, 2.45) is 0 Å². The van der Waals surface area contributed by atoms with E-state index < -0.39 is 0 Å². The Morgan fingerprint density at radius 3 is 0.625 bits per heavy atom. The van der Waals surface area contributed by atoms with Crippen LogP contribution in [0.2, 0.25) is 0 Å². The van der Waals surface area contributed by atoms with E-state index in [9.17, 15) is 0 Å². The first-order valence-electron chi connectivity index (χ1n) is 0.816. The van der Waals surface area contributed by atoms with Crippen molar-refractivity contribution in [3.63, 3.8) is 0 Å². The van der Waals surface area contributed by atoms with E-state index in [0.29, 0.717) is 0 Å². The van der Waals surface area contributed by atoms with Crippen LogP contribution in [0.15, 0.2) is 0 Å². The average Bonchev–Trinajstić information content (AvgIpc) is 0.918. The lowest BCUT2D eigenvalue weighted by molar-refractivity contribution is 0.277. The lowest BCUT2D eigenvalue weighted by atomic mass is 11.6. The monoisotopic (exact) mass is 146 g/mol. The molecular formula is C2H11F5O. The summed E-state index contributed by atoms with van der Waals surface area (Å²) in [6.45, 7) is 0. The Morgan fingerprint density at radius 1 is 0.625 bits per heavy atom. The van der Waals surface area contributed by atoms with E-state index in [2.05, 4.69) is 4.74 Å². The second-order valence-electron chi connectivity index (χ2n) is 0.408. The molecule has 0 aliphatic heterocycles. The topological polar surface area (TPSA) is 9.23 Å². The van der Waals surface area contributed by atoms with Gasteiger partial charge in [-0.1, -0.05) is 0 Å². The third kappa shape index (κ3) is 784. The fraction of sp³-hybridized carbons (Fsp3) is 1.00. The zero-order valence-corrected chi connectivity index (χ0v) is 4.45. The summed E-state index contributed by atoms with van der Waals surface area (Å²) in [5.41, 5.74) is 0. The Kier molecular flexibility index (Phi) is 8960. The molecule has 0 aliphatic carbocycles. The fourth-order valence-electron chi connectivity index (χ4n) is 0. The Balaban J connectivity index is -0.00000000200. The predicted octanol–water partition coefficient (Wildman–Crippen LogP) is 1.03. The van der Waals surface area contributed by atoms with Gasteiger partial charge < -0.3 is 4.74 Å². The molecule has 0 N–H and O–H groups in total. The van der Waals surface area contributed by atoms with Crippen molar-refractivity contribution in [2.75, 3.05) is 14.2 Å². The number of methoxy groups -OCH3 is 1. The van der Waals surface area contributed by atoms with Gasteiger partial charge in [-0.2, -0.15) is 0 Å². The minimum atomic E-state index is 0. The Labute approximate surface area is 43.9 Å². The van der Waals surface area contributed by atoms with E-state index in [1.54, 1.807) is 14.2 Å². The van der Waals surface area contributed by atoms with Crippen LogP contribution in [0.4, 0.5) is 23.5 Å². The molecule has 0 heterocycles. The molecule has 0 saturated carbocycles. The van der Waals surface area contributed by atoms with Crippen LogP contribution in [-0.2, 0) is 4.74 Å². The van der Waals surface area contributed by atoms with Crippen LogP contribution in [0, 0.1) is 0 Å². The van der Waals surface area contributed by atoms with Gasteiger partial charge in [-0.3, -0.25) is 23.5 Å². The van der Waals surface area contributed by atoms with Crippen molar-refractivity contribution in [3.05, 3.63) is 0 Å². The van der Waals surface area contributed by atoms with Crippen molar-refractivity contribution in [1.82, 2.24) is 0 Å². The standard InChI is InChI=1S/C2H6O.5FH/c1-3-2;;;;;/h1-2H3;5*1H. The molecule has 0 spiro atoms. The van der Waals surface area contributed by atoms with Gasteiger partial charge in [0.1, 0.15) is 0 Å². The highest BCUT2D eigenvalue weighted by molar-refractivity contribution is 3.56. The molecule has 0 atom stereocenters. The summed E-state index contributed by atoms with van der Waals surface area (Å²) in [7, 11) is 3.25. The van der Waals surface area contributed by atoms with Crippen molar-refractivity contribution in [2.45, 2.75) is 0 Å². The molecule has 0 aromatic carbocycles. The molecule has 60 valence electrons. The summed E-state index contributed by atoms with van der Waals surface area (Å²) in [6, 6.07) is 0. The summed E-state index contributed by atoms with van der Waals surface area (Å²) in [6.07, 6.45) is 0. The minimum Gasteiger partial charge on any atom is -0.388 e. The molecular weight excluding hydrogens is 135 g/mol. The summed E-state index contributed by atoms with van der Waals surface area (Å²) >= 11 is 0. The summed E-state index contributed by atoms with van der Waals surface area (Å²) in [4.78, 5) is 0. The smallest absolute Gasteiger partial charge is 0.0351 e. The van der Waals surface area contributed by atoms with Crippen LogP contribution >= 0.6 is 0 Å². The van der Waals surface area contributed by atoms with Gasteiger partial charge in [-0.25, -0.2) is 0 Å². The normalized spacial score (nSPS) is 2.25. The summed E-state index contributed by atoms with van der Waals surface area (Å²) in [5.74, 6) is 0. The lowest BCUT2D eigenvalue weighted by Crippen LogP contribution is -1.55. The molecule has 6 heteroatoms. The first-order valence-corrected chi connectivity index (χ1v) is 0.816. The first-order chi connectivity index (χ1) is 1.41. The number of hydrogen-bond donors (Lipinski definition) is 0. The molecule has 0 radical (unpaired) electrons. The maximum Gasteiger partial charge on any atom is 0.0351 e. The maximum absolute atomic E-state index is 4.25. The van der Waals surface area contributed by atoms with E-state index in [1.807, 2.05) is 0 Å². The van der Waals surface area contributed by atoms with Crippen LogP contribution < -0.4 is 0 Å². The maximum atomic E-state index is 4.25. The molecule has 0 aromatic rings. The molecule has 0 bridgehead atoms. The van der Waals surface area contributed by atoms with E-state index in [4.69, 9.17) is 0 Å². The largest absolute Gasteiger partial charge is 0.388 e. The zero-order valence-electron chi connectivity index (χ0n) is 4.45. The SMILES string of the molecule is COC.F.F.F.F.F. The number of ether oxygens (including phenoxy) is 1. The lowest BCUT2D eigenvalue weighted by Gasteiger charge is -1.61. The number of hydrogen-bond acceptors (Lipinski definition) is 1. The van der Waals surface area contributed by atoms with Gasteiger partial charge in [0.2, 0.25) is 0 Å². The first kappa shape index (κ1) is 128. The minimum absolute atomic E-state index is 0. The molecule has 0 fully saturated rings. The van der Waals surface area contributed by atoms with Gasteiger partial charge in [0.15, 0.2) is 0 Å². The van der Waals surface area contributed by atoms with Crippen LogP contribution in [0.3, 0.4) is 0 Å². The third-order valence-corrected chi connectivity index (χ3v) is 0. The Hall–Kier alpha value is -0.390. The third-order valence-electron chi connectivity index (χ3n) is 0. The van der Waals surface area contributed by atoms with Gasteiger partial charge in [-0.05, 0) is 0 Å². The Bertz CT molecular complexity index is 10.4. The van der Waals surface area contributed by atoms with Crippen molar-refractivity contribution in [1.29, 1.82) is 0 Å². The highest BCUT2D eigenvalue weighted by atomic mass is 19.0. The second-order valence-corrected chi connectivity index (χ2v) is 0.408. The Morgan fingerprint density at radius 2 is 0.625 bits per heavy atom. The van der Waals surface area contributed by atoms with Crippen LogP contribution in [0.1, 0.15) is 0 Å². The van der Waals surface area contributed by atoms with E-state index >= 15 is 0 Å². The molecule has 0 saturated heterocycles. The quantitative estimate of drug-likeness (QED) is 0.464. The highest BCUT2D eigenvalue weighted by Gasteiger charge is 1.25. The second kappa shape index (κ2) is 559. The van der Waals surface area contributed by atoms with Gasteiger partial charge in [0, 0.05) is 14.2 Å². The fourth-order valence-corrected chi connectivity index (χ4v) is 0. The molecule has 0 rings (SSSR count). The van der Waals surface area contributed by atoms with E-state index in [1.165, 1.54) is 0 Å². The van der Waals surface area contributed by atoms with Gasteiger partial charge in [0.05, 0.1) is 0 Å².